The van der Waals surface area contributed by atoms with E-state index in [9.17, 15) is 4.79 Å². The van der Waals surface area contributed by atoms with Crippen LogP contribution in [0, 0.1) is 0 Å². The van der Waals surface area contributed by atoms with Crippen LogP contribution in [0.1, 0.15) is 23.3 Å². The molecule has 1 aliphatic heterocycles. The van der Waals surface area contributed by atoms with Crippen molar-refractivity contribution < 1.29 is 4.79 Å². The number of nitrogens with zero attached hydrogens (tertiary/aromatic N) is 4. The Morgan fingerprint density at radius 3 is 3.05 bits per heavy atom. The van der Waals surface area contributed by atoms with Gasteiger partial charge in [0.1, 0.15) is 5.69 Å². The molecule has 2 aromatic heterocycles. The van der Waals surface area contributed by atoms with E-state index >= 15 is 0 Å². The molecule has 6 heteroatoms. The van der Waals surface area contributed by atoms with Gasteiger partial charge in [0.05, 0.1) is 0 Å². The molecule has 1 amide bonds. The molecule has 0 bridgehead atoms. The van der Waals surface area contributed by atoms with Crippen molar-refractivity contribution in [1.29, 1.82) is 0 Å². The summed E-state index contributed by atoms with van der Waals surface area (Å²) in [5.41, 5.74) is 0.680. The van der Waals surface area contributed by atoms with Gasteiger partial charge in [-0.3, -0.25) is 4.79 Å². The minimum absolute atomic E-state index is 0.0338. The fourth-order valence-electron chi connectivity index (χ4n) is 2.79. The molecule has 0 saturated carbocycles. The monoisotopic (exact) mass is 285 g/mol. The molecule has 1 aliphatic rings. The lowest BCUT2D eigenvalue weighted by Crippen LogP contribution is -2.41. The quantitative estimate of drug-likeness (QED) is 0.917. The molecule has 21 heavy (non-hydrogen) atoms. The number of amides is 1. The molecule has 0 aliphatic carbocycles. The molecule has 2 aromatic rings. The lowest BCUT2D eigenvalue weighted by Gasteiger charge is -2.25. The first-order valence-corrected chi connectivity index (χ1v) is 7.19. The summed E-state index contributed by atoms with van der Waals surface area (Å²) < 4.78 is 1.82. The smallest absolute Gasteiger partial charge is 0.267 e. The predicted molar refractivity (Wildman–Crippen MR) is 80.1 cm³/mol. The Labute approximate surface area is 123 Å². The van der Waals surface area contributed by atoms with Crippen LogP contribution in [0.5, 0.6) is 0 Å². The Balaban J connectivity index is 1.62. The molecular weight excluding hydrogens is 266 g/mol. The molecule has 3 heterocycles. The lowest BCUT2D eigenvalue weighted by molar-refractivity contribution is 0.0943. The van der Waals surface area contributed by atoms with Crippen LogP contribution in [0.25, 0.3) is 0 Å². The topological polar surface area (TPSA) is 63.1 Å². The summed E-state index contributed by atoms with van der Waals surface area (Å²) in [4.78, 5) is 14.4. The Bertz CT molecular complexity index is 610. The van der Waals surface area contributed by atoms with Crippen LogP contribution in [0.3, 0.4) is 0 Å². The second-order valence-electron chi connectivity index (χ2n) is 5.29. The highest BCUT2D eigenvalue weighted by Gasteiger charge is 2.26. The van der Waals surface area contributed by atoms with Crippen molar-refractivity contribution in [3.8, 4) is 0 Å². The van der Waals surface area contributed by atoms with Crippen molar-refractivity contribution in [3.05, 3.63) is 42.4 Å². The molecule has 0 radical (unpaired) electrons. The number of nitrogens with one attached hydrogen (secondary N) is 1. The van der Waals surface area contributed by atoms with Gasteiger partial charge in [0, 0.05) is 38.6 Å². The highest BCUT2D eigenvalue weighted by Crippen LogP contribution is 2.22. The fraction of sp³-hybridized carbons (Fsp3) is 0.400. The van der Waals surface area contributed by atoms with Gasteiger partial charge >= 0.3 is 0 Å². The number of aryl methyl sites for hydroxylation is 1. The third kappa shape index (κ3) is 2.89. The summed E-state index contributed by atoms with van der Waals surface area (Å²) in [7, 11) is 1.87. The minimum atomic E-state index is -0.0338. The van der Waals surface area contributed by atoms with Gasteiger partial charge < -0.3 is 14.8 Å². The molecule has 0 unspecified atom stereocenters. The van der Waals surface area contributed by atoms with Crippen LogP contribution in [-0.4, -0.2) is 39.8 Å². The van der Waals surface area contributed by atoms with Gasteiger partial charge in [-0.25, -0.2) is 0 Å². The molecule has 0 spiro atoms. The number of carbonyl (C=O) groups excluding carboxylic acids is 1. The molecule has 1 saturated heterocycles. The molecule has 6 nitrogen and oxygen atoms in total. The summed E-state index contributed by atoms with van der Waals surface area (Å²) in [5, 5.41) is 11.1. The van der Waals surface area contributed by atoms with E-state index in [4.69, 9.17) is 0 Å². The second kappa shape index (κ2) is 5.95. The van der Waals surface area contributed by atoms with E-state index in [1.165, 1.54) is 0 Å². The first-order chi connectivity index (χ1) is 10.3. The van der Waals surface area contributed by atoms with Crippen LogP contribution in [0.4, 0.5) is 5.82 Å². The van der Waals surface area contributed by atoms with Gasteiger partial charge in [-0.1, -0.05) is 0 Å². The van der Waals surface area contributed by atoms with Crippen LogP contribution in [-0.2, 0) is 7.05 Å². The summed E-state index contributed by atoms with van der Waals surface area (Å²) in [6.45, 7) is 1.59. The number of hydrogen-bond acceptors (Lipinski definition) is 4. The molecular formula is C15H19N5O. The van der Waals surface area contributed by atoms with E-state index < -0.39 is 0 Å². The van der Waals surface area contributed by atoms with Crippen molar-refractivity contribution in [2.45, 2.75) is 18.9 Å². The molecule has 0 aromatic carbocycles. The van der Waals surface area contributed by atoms with E-state index in [1.807, 2.05) is 42.1 Å². The van der Waals surface area contributed by atoms with E-state index in [0.29, 0.717) is 12.2 Å². The van der Waals surface area contributed by atoms with E-state index in [0.717, 1.165) is 25.2 Å². The third-order valence-electron chi connectivity index (χ3n) is 3.90. The SMILES string of the molecule is Cn1cccc1C(=O)NC[C@@H]1CCCN1c1cccnn1. The van der Waals surface area contributed by atoms with Crippen molar-refractivity contribution in [1.82, 2.24) is 20.1 Å². The van der Waals surface area contributed by atoms with Gasteiger partial charge in [-0.05, 0) is 37.1 Å². The Morgan fingerprint density at radius 2 is 2.33 bits per heavy atom. The maximum Gasteiger partial charge on any atom is 0.267 e. The van der Waals surface area contributed by atoms with Gasteiger partial charge in [0.25, 0.3) is 5.91 Å². The largest absolute Gasteiger partial charge is 0.350 e. The van der Waals surface area contributed by atoms with Gasteiger partial charge in [-0.2, -0.15) is 5.10 Å². The molecule has 110 valence electrons. The average molecular weight is 285 g/mol. The fourth-order valence-corrected chi connectivity index (χ4v) is 2.79. The highest BCUT2D eigenvalue weighted by atomic mass is 16.1. The Kier molecular flexibility index (Phi) is 3.85. The summed E-state index contributed by atoms with van der Waals surface area (Å²) >= 11 is 0. The summed E-state index contributed by atoms with van der Waals surface area (Å²) in [6.07, 6.45) is 5.72. The zero-order valence-corrected chi connectivity index (χ0v) is 12.1. The standard InChI is InChI=1S/C15H19N5O/c1-19-9-4-6-13(19)15(21)16-11-12-5-3-10-20(12)14-7-2-8-17-18-14/h2,4,6-9,12H,3,5,10-11H2,1H3,(H,16,21)/t12-/m0/s1. The van der Waals surface area contributed by atoms with E-state index in [2.05, 4.69) is 20.4 Å². The van der Waals surface area contributed by atoms with Crippen LogP contribution in [0.2, 0.25) is 0 Å². The minimum Gasteiger partial charge on any atom is -0.350 e. The zero-order valence-electron chi connectivity index (χ0n) is 12.1. The van der Waals surface area contributed by atoms with Crippen molar-refractivity contribution in [3.63, 3.8) is 0 Å². The zero-order chi connectivity index (χ0) is 14.7. The summed E-state index contributed by atoms with van der Waals surface area (Å²) in [6, 6.07) is 7.83. The maximum absolute atomic E-state index is 12.1. The lowest BCUT2D eigenvalue weighted by atomic mass is 10.2. The summed E-state index contributed by atoms with van der Waals surface area (Å²) in [5.74, 6) is 0.849. The average Bonchev–Trinajstić information content (AvgIpc) is 3.14. The van der Waals surface area contributed by atoms with Crippen molar-refractivity contribution in [2.75, 3.05) is 18.0 Å². The number of carbonyl (C=O) groups is 1. The molecule has 3 rings (SSSR count). The van der Waals surface area contributed by atoms with Crippen molar-refractivity contribution >= 4 is 11.7 Å². The number of aromatic nitrogens is 3. The second-order valence-corrected chi connectivity index (χ2v) is 5.29. The Morgan fingerprint density at radius 1 is 1.43 bits per heavy atom. The molecule has 1 atom stereocenters. The predicted octanol–water partition coefficient (Wildman–Crippen LogP) is 1.21. The first-order valence-electron chi connectivity index (χ1n) is 7.19. The first kappa shape index (κ1) is 13.6. The van der Waals surface area contributed by atoms with E-state index in [1.54, 1.807) is 6.20 Å². The van der Waals surface area contributed by atoms with Crippen LogP contribution >= 0.6 is 0 Å². The molecule has 1 N–H and O–H groups in total. The third-order valence-corrected chi connectivity index (χ3v) is 3.90. The van der Waals surface area contributed by atoms with E-state index in [-0.39, 0.29) is 11.9 Å². The number of hydrogen-bond donors (Lipinski definition) is 1. The van der Waals surface area contributed by atoms with Gasteiger partial charge in [-0.15, -0.1) is 5.10 Å². The van der Waals surface area contributed by atoms with Gasteiger partial charge in [0.15, 0.2) is 5.82 Å². The molecule has 1 fully saturated rings. The number of rotatable bonds is 4. The normalized spacial score (nSPS) is 18.0. The van der Waals surface area contributed by atoms with Crippen LogP contribution < -0.4 is 10.2 Å². The number of anilines is 1. The maximum atomic E-state index is 12.1. The van der Waals surface area contributed by atoms with Crippen LogP contribution in [0.15, 0.2) is 36.7 Å². The highest BCUT2D eigenvalue weighted by molar-refractivity contribution is 5.92. The van der Waals surface area contributed by atoms with Crippen molar-refractivity contribution in [2.24, 2.45) is 7.05 Å². The Hall–Kier alpha value is -2.37. The van der Waals surface area contributed by atoms with Gasteiger partial charge in [0.2, 0.25) is 0 Å².